The highest BCUT2D eigenvalue weighted by Crippen LogP contribution is 2.23. The molecule has 0 amide bonds. The van der Waals surface area contributed by atoms with Gasteiger partial charge in [0.1, 0.15) is 0 Å². The van der Waals surface area contributed by atoms with Crippen LogP contribution in [0.15, 0.2) is 0 Å². The van der Waals surface area contributed by atoms with Crippen LogP contribution >= 0.6 is 0 Å². The highest BCUT2D eigenvalue weighted by atomic mass is 32.2. The maximum Gasteiger partial charge on any atom is 0.0394 e. The van der Waals surface area contributed by atoms with Gasteiger partial charge in [-0.15, -0.1) is 0 Å². The fourth-order valence-electron chi connectivity index (χ4n) is 2.39. The number of hydrogen-bond acceptors (Lipinski definition) is 2. The normalized spacial score (nSPS) is 22.2. The highest BCUT2D eigenvalue weighted by molar-refractivity contribution is 7.85. The predicted molar refractivity (Wildman–Crippen MR) is 72.2 cm³/mol. The first-order valence-electron chi connectivity index (χ1n) is 6.75. The van der Waals surface area contributed by atoms with Gasteiger partial charge in [0.15, 0.2) is 0 Å². The fraction of sp³-hybridized carbons (Fsp3) is 1.00. The number of rotatable bonds is 6. The lowest BCUT2D eigenvalue weighted by molar-refractivity contribution is 0.436. The average molecular weight is 245 g/mol. The quantitative estimate of drug-likeness (QED) is 0.779. The van der Waals surface area contributed by atoms with E-state index in [9.17, 15) is 4.21 Å². The van der Waals surface area contributed by atoms with Crippen molar-refractivity contribution < 1.29 is 4.21 Å². The van der Waals surface area contributed by atoms with Crippen molar-refractivity contribution in [2.45, 2.75) is 64.2 Å². The molecule has 1 N–H and O–H groups in total. The Morgan fingerprint density at radius 2 is 1.88 bits per heavy atom. The van der Waals surface area contributed by atoms with Crippen LogP contribution in [0.25, 0.3) is 0 Å². The third-order valence-corrected chi connectivity index (χ3v) is 5.44. The van der Waals surface area contributed by atoms with Gasteiger partial charge in [0.25, 0.3) is 0 Å². The van der Waals surface area contributed by atoms with Crippen LogP contribution in [0.1, 0.15) is 52.9 Å². The third-order valence-electron chi connectivity index (χ3n) is 3.54. The van der Waals surface area contributed by atoms with Crippen LogP contribution in [0.3, 0.4) is 0 Å². The first kappa shape index (κ1) is 14.2. The van der Waals surface area contributed by atoms with Crippen LogP contribution in [-0.4, -0.2) is 27.8 Å². The molecule has 1 aliphatic rings. The van der Waals surface area contributed by atoms with Gasteiger partial charge >= 0.3 is 0 Å². The van der Waals surface area contributed by atoms with Crippen LogP contribution < -0.4 is 5.32 Å². The molecule has 1 aliphatic carbocycles. The summed E-state index contributed by atoms with van der Waals surface area (Å²) in [6, 6.07) is 0.424. The van der Waals surface area contributed by atoms with E-state index >= 15 is 0 Å². The van der Waals surface area contributed by atoms with Crippen LogP contribution in [0.2, 0.25) is 0 Å². The summed E-state index contributed by atoms with van der Waals surface area (Å²) in [6.07, 6.45) is 6.27. The maximum absolute atomic E-state index is 12.3. The zero-order chi connectivity index (χ0) is 12.0. The molecule has 0 radical (unpaired) electrons. The van der Waals surface area contributed by atoms with E-state index in [1.165, 1.54) is 32.1 Å². The van der Waals surface area contributed by atoms with Crippen molar-refractivity contribution in [3.8, 4) is 0 Å². The van der Waals surface area contributed by atoms with Crippen molar-refractivity contribution in [3.63, 3.8) is 0 Å². The van der Waals surface area contributed by atoms with Crippen molar-refractivity contribution >= 4 is 10.8 Å². The molecular formula is C13H27NOS. The molecule has 0 spiro atoms. The summed E-state index contributed by atoms with van der Waals surface area (Å²) in [5.41, 5.74) is 0. The topological polar surface area (TPSA) is 29.1 Å². The summed E-state index contributed by atoms with van der Waals surface area (Å²) in [6.45, 7) is 7.53. The second-order valence-corrected chi connectivity index (χ2v) is 6.98. The smallest absolute Gasteiger partial charge is 0.0394 e. The van der Waals surface area contributed by atoms with Crippen molar-refractivity contribution in [1.29, 1.82) is 0 Å². The van der Waals surface area contributed by atoms with Crippen molar-refractivity contribution in [1.82, 2.24) is 5.32 Å². The molecular weight excluding hydrogens is 218 g/mol. The Morgan fingerprint density at radius 1 is 1.25 bits per heavy atom. The molecule has 1 saturated carbocycles. The largest absolute Gasteiger partial charge is 0.313 e. The van der Waals surface area contributed by atoms with Gasteiger partial charge in [0.2, 0.25) is 0 Å². The van der Waals surface area contributed by atoms with Gasteiger partial charge < -0.3 is 5.32 Å². The summed E-state index contributed by atoms with van der Waals surface area (Å²) >= 11 is 0. The van der Waals surface area contributed by atoms with Gasteiger partial charge in [-0.1, -0.05) is 40.0 Å². The Kier molecular flexibility index (Phi) is 6.59. The van der Waals surface area contributed by atoms with Crippen LogP contribution in [0.4, 0.5) is 0 Å². The van der Waals surface area contributed by atoms with Crippen molar-refractivity contribution in [3.05, 3.63) is 0 Å². The molecule has 2 nitrogen and oxygen atoms in total. The zero-order valence-electron chi connectivity index (χ0n) is 11.0. The molecule has 1 fully saturated rings. The van der Waals surface area contributed by atoms with Gasteiger partial charge in [0, 0.05) is 27.8 Å². The van der Waals surface area contributed by atoms with E-state index in [1.807, 2.05) is 0 Å². The first-order valence-corrected chi connectivity index (χ1v) is 8.14. The van der Waals surface area contributed by atoms with E-state index < -0.39 is 10.8 Å². The van der Waals surface area contributed by atoms with Gasteiger partial charge in [-0.2, -0.15) is 0 Å². The zero-order valence-corrected chi connectivity index (χ0v) is 11.8. The second-order valence-electron chi connectivity index (χ2n) is 5.22. The minimum Gasteiger partial charge on any atom is -0.313 e. The van der Waals surface area contributed by atoms with Gasteiger partial charge in [-0.3, -0.25) is 4.21 Å². The molecule has 3 heteroatoms. The monoisotopic (exact) mass is 245 g/mol. The average Bonchev–Trinajstić information content (AvgIpc) is 2.29. The van der Waals surface area contributed by atoms with Crippen molar-refractivity contribution in [2.75, 3.05) is 12.3 Å². The fourth-order valence-corrected chi connectivity index (χ4v) is 4.38. The van der Waals surface area contributed by atoms with Crippen molar-refractivity contribution in [2.24, 2.45) is 5.92 Å². The molecule has 2 atom stereocenters. The van der Waals surface area contributed by atoms with Gasteiger partial charge in [0.05, 0.1) is 0 Å². The number of hydrogen-bond donors (Lipinski definition) is 1. The van der Waals surface area contributed by atoms with E-state index in [1.54, 1.807) is 0 Å². The Morgan fingerprint density at radius 3 is 2.38 bits per heavy atom. The van der Waals surface area contributed by atoms with E-state index in [0.717, 1.165) is 12.3 Å². The summed E-state index contributed by atoms with van der Waals surface area (Å²) < 4.78 is 12.3. The molecule has 0 heterocycles. The molecule has 0 aromatic carbocycles. The lowest BCUT2D eigenvalue weighted by Gasteiger charge is -2.26. The molecule has 0 aromatic rings. The lowest BCUT2D eigenvalue weighted by atomic mass is 10.0. The van der Waals surface area contributed by atoms with Gasteiger partial charge in [-0.05, 0) is 25.3 Å². The van der Waals surface area contributed by atoms with Crippen LogP contribution in [0.5, 0.6) is 0 Å². The van der Waals surface area contributed by atoms with E-state index in [-0.39, 0.29) is 0 Å². The summed E-state index contributed by atoms with van der Waals surface area (Å²) in [7, 11) is -0.621. The number of nitrogens with one attached hydrogen (secondary N) is 1. The maximum atomic E-state index is 12.3. The Bertz CT molecular complexity index is 212. The standard InChI is InChI=1S/C13H27NOS/c1-4-14-13(11(2)3)10-16(15)12-8-6-5-7-9-12/h11-14H,4-10H2,1-3H3. The first-order chi connectivity index (χ1) is 7.65. The third kappa shape index (κ3) is 4.54. The summed E-state index contributed by atoms with van der Waals surface area (Å²) in [5.74, 6) is 1.42. The van der Waals surface area contributed by atoms with E-state index in [4.69, 9.17) is 0 Å². The molecule has 0 aromatic heterocycles. The molecule has 0 aliphatic heterocycles. The van der Waals surface area contributed by atoms with E-state index in [2.05, 4.69) is 26.1 Å². The molecule has 96 valence electrons. The minimum atomic E-state index is -0.621. The summed E-state index contributed by atoms with van der Waals surface area (Å²) in [4.78, 5) is 0. The predicted octanol–water partition coefficient (Wildman–Crippen LogP) is 2.70. The summed E-state index contributed by atoms with van der Waals surface area (Å²) in [5, 5.41) is 3.94. The highest BCUT2D eigenvalue weighted by Gasteiger charge is 2.23. The van der Waals surface area contributed by atoms with Crippen LogP contribution in [-0.2, 0) is 10.8 Å². The van der Waals surface area contributed by atoms with Crippen LogP contribution in [0, 0.1) is 5.92 Å². The Balaban J connectivity index is 2.40. The molecule has 16 heavy (non-hydrogen) atoms. The minimum absolute atomic E-state index is 0.424. The second kappa shape index (κ2) is 7.44. The molecule has 2 unspecified atom stereocenters. The molecule has 0 saturated heterocycles. The molecule has 1 rings (SSSR count). The van der Waals surface area contributed by atoms with E-state index in [0.29, 0.717) is 17.2 Å². The SMILES string of the molecule is CCNC(CS(=O)C1CCCCC1)C(C)C. The Hall–Kier alpha value is 0.110. The van der Waals surface area contributed by atoms with Gasteiger partial charge in [-0.25, -0.2) is 0 Å². The lowest BCUT2D eigenvalue weighted by Crippen LogP contribution is -2.40. The molecule has 0 bridgehead atoms. The Labute approximate surface area is 103 Å².